The predicted molar refractivity (Wildman–Crippen MR) is 149 cm³/mol. The van der Waals surface area contributed by atoms with Crippen LogP contribution < -0.4 is 24.8 Å². The van der Waals surface area contributed by atoms with Crippen molar-refractivity contribution in [2.45, 2.75) is 32.2 Å². The van der Waals surface area contributed by atoms with E-state index < -0.39 is 11.2 Å². The molecule has 0 spiro atoms. The lowest BCUT2D eigenvalue weighted by Crippen LogP contribution is -2.41. The van der Waals surface area contributed by atoms with Gasteiger partial charge in [-0.3, -0.25) is 14.6 Å². The first-order valence-corrected chi connectivity index (χ1v) is 13.0. The number of ether oxygens (including phenoxy) is 3. The number of pyridine rings is 1. The second-order valence-electron chi connectivity index (χ2n) is 9.68. The summed E-state index contributed by atoms with van der Waals surface area (Å²) >= 11 is 0. The summed E-state index contributed by atoms with van der Waals surface area (Å²) in [7, 11) is 3.15. The first-order valence-electron chi connectivity index (χ1n) is 13.0. The fourth-order valence-corrected chi connectivity index (χ4v) is 4.62. The van der Waals surface area contributed by atoms with Crippen LogP contribution in [0.1, 0.15) is 37.8 Å². The lowest BCUT2D eigenvalue weighted by atomic mass is 10.0. The van der Waals surface area contributed by atoms with Gasteiger partial charge in [-0.05, 0) is 73.4 Å². The Morgan fingerprint density at radius 1 is 0.925 bits per heavy atom. The van der Waals surface area contributed by atoms with Crippen LogP contribution in [0.5, 0.6) is 23.0 Å². The Labute approximate surface area is 231 Å². The molecule has 1 saturated carbocycles. The molecule has 5 rings (SSSR count). The molecule has 2 N–H and O–H groups in total. The van der Waals surface area contributed by atoms with Gasteiger partial charge in [-0.1, -0.05) is 19.1 Å². The van der Waals surface area contributed by atoms with Gasteiger partial charge in [-0.2, -0.15) is 0 Å². The average Bonchev–Trinajstić information content (AvgIpc) is 3.79. The molecule has 3 aromatic carbocycles. The number of amides is 2. The maximum Gasteiger partial charge on any atom is 0.240 e. The summed E-state index contributed by atoms with van der Waals surface area (Å²) in [6, 6.07) is 18.1. The quantitative estimate of drug-likeness (QED) is 0.232. The number of methoxy groups -OCH3 is 2. The molecule has 9 heteroatoms. The summed E-state index contributed by atoms with van der Waals surface area (Å²) in [5, 5.41) is 6.56. The number of carbonyl (C=O) groups is 2. The Morgan fingerprint density at radius 3 is 2.23 bits per heavy atom. The fourth-order valence-electron chi connectivity index (χ4n) is 4.62. The molecule has 4 aromatic rings. The summed E-state index contributed by atoms with van der Waals surface area (Å²) in [5.41, 5.74) is 0.936. The Kier molecular flexibility index (Phi) is 7.55. The molecule has 1 heterocycles. The van der Waals surface area contributed by atoms with Crippen molar-refractivity contribution in [3.05, 3.63) is 84.3 Å². The highest BCUT2D eigenvalue weighted by Crippen LogP contribution is 2.47. The number of anilines is 1. The van der Waals surface area contributed by atoms with Crippen molar-refractivity contribution in [3.8, 4) is 23.0 Å². The summed E-state index contributed by atoms with van der Waals surface area (Å²) < 4.78 is 30.2. The Hall–Kier alpha value is -4.66. The van der Waals surface area contributed by atoms with Crippen molar-refractivity contribution in [1.82, 2.24) is 10.3 Å². The van der Waals surface area contributed by atoms with Crippen molar-refractivity contribution in [2.75, 3.05) is 19.5 Å². The zero-order valence-corrected chi connectivity index (χ0v) is 22.5. The maximum absolute atomic E-state index is 13.2. The van der Waals surface area contributed by atoms with Gasteiger partial charge in [0.1, 0.15) is 22.7 Å². The highest BCUT2D eigenvalue weighted by molar-refractivity contribution is 6.13. The summed E-state index contributed by atoms with van der Waals surface area (Å²) in [6.07, 6.45) is 3.23. The highest BCUT2D eigenvalue weighted by Gasteiger charge is 2.56. The van der Waals surface area contributed by atoms with Gasteiger partial charge in [0.2, 0.25) is 11.8 Å². The third-order valence-electron chi connectivity index (χ3n) is 7.15. The monoisotopic (exact) mass is 543 g/mol. The van der Waals surface area contributed by atoms with Crippen LogP contribution in [-0.4, -0.2) is 31.0 Å². The van der Waals surface area contributed by atoms with E-state index in [1.54, 1.807) is 32.5 Å². The van der Waals surface area contributed by atoms with Crippen molar-refractivity contribution < 1.29 is 28.2 Å². The second-order valence-corrected chi connectivity index (χ2v) is 9.68. The molecule has 1 aliphatic carbocycles. The molecule has 1 unspecified atom stereocenters. The van der Waals surface area contributed by atoms with Gasteiger partial charge in [-0.25, -0.2) is 4.39 Å². The van der Waals surface area contributed by atoms with E-state index in [2.05, 4.69) is 15.6 Å². The minimum atomic E-state index is -1.11. The number of hydrogen-bond donors (Lipinski definition) is 2. The summed E-state index contributed by atoms with van der Waals surface area (Å²) in [5.74, 6) is 1.29. The predicted octanol–water partition coefficient (Wildman–Crippen LogP) is 6.17. The van der Waals surface area contributed by atoms with Crippen LogP contribution in [0.15, 0.2) is 72.9 Å². The highest BCUT2D eigenvalue weighted by atomic mass is 19.1. The summed E-state index contributed by atoms with van der Waals surface area (Å²) in [4.78, 5) is 30.5. The van der Waals surface area contributed by atoms with Crippen LogP contribution in [0.25, 0.3) is 10.9 Å². The number of aromatic nitrogens is 1. The largest absolute Gasteiger partial charge is 0.493 e. The molecule has 40 heavy (non-hydrogen) atoms. The molecule has 1 aromatic heterocycles. The molecule has 0 saturated heterocycles. The zero-order valence-electron chi connectivity index (χ0n) is 22.5. The van der Waals surface area contributed by atoms with Crippen LogP contribution in [0, 0.1) is 11.2 Å². The number of fused-ring (bicyclic) bond motifs is 1. The number of benzene rings is 3. The van der Waals surface area contributed by atoms with Crippen molar-refractivity contribution in [1.29, 1.82) is 0 Å². The van der Waals surface area contributed by atoms with E-state index in [1.165, 1.54) is 24.3 Å². The van der Waals surface area contributed by atoms with Gasteiger partial charge < -0.3 is 24.8 Å². The topological polar surface area (TPSA) is 98.8 Å². The van der Waals surface area contributed by atoms with Crippen molar-refractivity contribution in [2.24, 2.45) is 5.41 Å². The Bertz CT molecular complexity index is 1540. The van der Waals surface area contributed by atoms with E-state index in [4.69, 9.17) is 14.2 Å². The smallest absolute Gasteiger partial charge is 0.240 e. The minimum Gasteiger partial charge on any atom is -0.493 e. The number of carbonyl (C=O) groups excluding carboxylic acids is 2. The van der Waals surface area contributed by atoms with Crippen LogP contribution in [0.4, 0.5) is 10.1 Å². The molecule has 1 fully saturated rings. The molecule has 0 radical (unpaired) electrons. The number of hydrogen-bond acceptors (Lipinski definition) is 6. The van der Waals surface area contributed by atoms with E-state index in [9.17, 15) is 14.0 Å². The lowest BCUT2D eigenvalue weighted by Gasteiger charge is -2.22. The van der Waals surface area contributed by atoms with E-state index in [0.29, 0.717) is 53.5 Å². The van der Waals surface area contributed by atoms with Crippen LogP contribution in [0.2, 0.25) is 0 Å². The third-order valence-corrected chi connectivity index (χ3v) is 7.15. The van der Waals surface area contributed by atoms with Crippen LogP contribution in [-0.2, 0) is 9.59 Å². The minimum absolute atomic E-state index is 0.281. The van der Waals surface area contributed by atoms with Crippen LogP contribution >= 0.6 is 0 Å². The van der Waals surface area contributed by atoms with Gasteiger partial charge >= 0.3 is 0 Å². The standard InChI is InChI=1S/C31H30FN3O5/c1-4-24(35-30(37)31(14-15-31)29(36)34-21-9-7-20(32)8-10-21)19-5-11-22(12-6-19)40-26-13-16-33-25-18-28(39-3)27(38-2)17-23(25)26/h5-13,16-18,24H,4,14-15H2,1-3H3,(H,34,36)(H,35,37). The molecule has 0 bridgehead atoms. The number of nitrogens with one attached hydrogen (secondary N) is 2. The average molecular weight is 544 g/mol. The fraction of sp³-hybridized carbons (Fsp3) is 0.258. The van der Waals surface area contributed by atoms with E-state index in [0.717, 1.165) is 10.9 Å². The second kappa shape index (κ2) is 11.2. The number of nitrogens with zero attached hydrogens (tertiary/aromatic N) is 1. The first-order chi connectivity index (χ1) is 19.4. The van der Waals surface area contributed by atoms with E-state index in [1.807, 2.05) is 37.3 Å². The Morgan fingerprint density at radius 2 is 1.60 bits per heavy atom. The van der Waals surface area contributed by atoms with Crippen molar-refractivity contribution in [3.63, 3.8) is 0 Å². The third kappa shape index (κ3) is 5.40. The molecule has 2 amide bonds. The van der Waals surface area contributed by atoms with E-state index in [-0.39, 0.29) is 17.9 Å². The van der Waals surface area contributed by atoms with Gasteiger partial charge in [0.25, 0.3) is 0 Å². The summed E-state index contributed by atoms with van der Waals surface area (Å²) in [6.45, 7) is 1.97. The molecular weight excluding hydrogens is 513 g/mol. The number of halogens is 1. The molecule has 8 nitrogen and oxygen atoms in total. The number of rotatable bonds is 10. The van der Waals surface area contributed by atoms with Gasteiger partial charge in [0, 0.05) is 23.3 Å². The molecule has 1 atom stereocenters. The van der Waals surface area contributed by atoms with Gasteiger partial charge in [-0.15, -0.1) is 0 Å². The first kappa shape index (κ1) is 26.9. The lowest BCUT2D eigenvalue weighted by molar-refractivity contribution is -0.134. The zero-order chi connectivity index (χ0) is 28.3. The van der Waals surface area contributed by atoms with Crippen LogP contribution in [0.3, 0.4) is 0 Å². The molecular formula is C31H30FN3O5. The van der Waals surface area contributed by atoms with Gasteiger partial charge in [0.05, 0.1) is 25.8 Å². The van der Waals surface area contributed by atoms with Gasteiger partial charge in [0.15, 0.2) is 11.5 Å². The Balaban J connectivity index is 1.28. The normalized spacial score (nSPS) is 14.2. The maximum atomic E-state index is 13.2. The SMILES string of the molecule is CCC(NC(=O)C1(C(=O)Nc2ccc(F)cc2)CC1)c1ccc(Oc2ccnc3cc(OC)c(OC)cc23)cc1. The molecule has 1 aliphatic rings. The van der Waals surface area contributed by atoms with E-state index >= 15 is 0 Å². The molecule has 206 valence electrons. The van der Waals surface area contributed by atoms with Crippen molar-refractivity contribution >= 4 is 28.4 Å². The molecule has 0 aliphatic heterocycles.